The Labute approximate surface area is 147 Å². The molecule has 0 saturated heterocycles. The molecule has 0 N–H and O–H groups in total. The number of hydrogen-bond acceptors (Lipinski definition) is 4. The normalized spacial score (nSPS) is 10.1. The van der Waals surface area contributed by atoms with E-state index in [-0.39, 0.29) is 31.0 Å². The molecule has 0 unspecified atom stereocenters. The lowest BCUT2D eigenvalue weighted by Crippen LogP contribution is -2.31. The van der Waals surface area contributed by atoms with Gasteiger partial charge in [-0.2, -0.15) is 5.26 Å². The number of nitriles is 1. The summed E-state index contributed by atoms with van der Waals surface area (Å²) >= 11 is 0. The van der Waals surface area contributed by atoms with Gasteiger partial charge in [0.15, 0.2) is 5.78 Å². The fourth-order valence-corrected chi connectivity index (χ4v) is 2.45. The van der Waals surface area contributed by atoms with Crippen molar-refractivity contribution in [2.24, 2.45) is 0 Å². The molecule has 1 heterocycles. The molecular formula is C20H21N3O2. The zero-order valence-electron chi connectivity index (χ0n) is 14.3. The fraction of sp³-hybridized carbons (Fsp3) is 0.300. The van der Waals surface area contributed by atoms with Crippen molar-refractivity contribution in [2.75, 3.05) is 6.54 Å². The van der Waals surface area contributed by atoms with Crippen molar-refractivity contribution in [1.29, 1.82) is 5.26 Å². The summed E-state index contributed by atoms with van der Waals surface area (Å²) in [6.07, 6.45) is 3.93. The lowest BCUT2D eigenvalue weighted by molar-refractivity contribution is -0.131. The van der Waals surface area contributed by atoms with E-state index in [2.05, 4.69) is 11.1 Å². The minimum atomic E-state index is -0.125. The first kappa shape index (κ1) is 18.3. The van der Waals surface area contributed by atoms with Crippen LogP contribution in [0.1, 0.15) is 40.7 Å². The van der Waals surface area contributed by atoms with E-state index in [1.165, 1.54) is 0 Å². The zero-order chi connectivity index (χ0) is 18.1. The third-order valence-corrected chi connectivity index (χ3v) is 3.88. The van der Waals surface area contributed by atoms with Gasteiger partial charge in [0.25, 0.3) is 0 Å². The predicted octanol–water partition coefficient (Wildman–Crippen LogP) is 3.30. The molecule has 128 valence electrons. The lowest BCUT2D eigenvalue weighted by atomic mass is 10.0. The van der Waals surface area contributed by atoms with Crippen LogP contribution in [0.4, 0.5) is 0 Å². The van der Waals surface area contributed by atoms with E-state index in [4.69, 9.17) is 5.26 Å². The molecule has 1 amide bonds. The van der Waals surface area contributed by atoms with Gasteiger partial charge >= 0.3 is 0 Å². The first-order valence-electron chi connectivity index (χ1n) is 8.23. The Bertz CT molecular complexity index is 749. The Morgan fingerprint density at radius 3 is 2.56 bits per heavy atom. The summed E-state index contributed by atoms with van der Waals surface area (Å²) in [5, 5.41) is 8.80. The minimum absolute atomic E-state index is 0.0463. The minimum Gasteiger partial charge on any atom is -0.337 e. The highest BCUT2D eigenvalue weighted by Gasteiger charge is 2.16. The Hall–Kier alpha value is -3.00. The highest BCUT2D eigenvalue weighted by molar-refractivity contribution is 5.97. The van der Waals surface area contributed by atoms with Gasteiger partial charge in [-0.25, -0.2) is 0 Å². The van der Waals surface area contributed by atoms with E-state index in [9.17, 15) is 9.59 Å². The summed E-state index contributed by atoms with van der Waals surface area (Å²) in [6, 6.07) is 13.1. The first-order chi connectivity index (χ1) is 12.1. The van der Waals surface area contributed by atoms with Gasteiger partial charge in [0.05, 0.1) is 12.5 Å². The van der Waals surface area contributed by atoms with Crippen LogP contribution in [0.25, 0.3) is 0 Å². The molecule has 0 spiro atoms. The zero-order valence-corrected chi connectivity index (χ0v) is 14.3. The average Bonchev–Trinajstić information content (AvgIpc) is 2.64. The predicted molar refractivity (Wildman–Crippen MR) is 94.6 cm³/mol. The van der Waals surface area contributed by atoms with Gasteiger partial charge in [0.2, 0.25) is 5.91 Å². The number of aromatic nitrogens is 1. The van der Waals surface area contributed by atoms with E-state index in [0.29, 0.717) is 18.7 Å². The second-order valence-electron chi connectivity index (χ2n) is 5.87. The molecule has 25 heavy (non-hydrogen) atoms. The molecule has 2 aromatic rings. The van der Waals surface area contributed by atoms with Crippen molar-refractivity contribution in [3.63, 3.8) is 0 Å². The van der Waals surface area contributed by atoms with Crippen LogP contribution in [-0.2, 0) is 11.3 Å². The molecule has 0 atom stereocenters. The van der Waals surface area contributed by atoms with Crippen LogP contribution in [0.15, 0.2) is 48.8 Å². The Balaban J connectivity index is 1.95. The lowest BCUT2D eigenvalue weighted by Gasteiger charge is -2.21. The van der Waals surface area contributed by atoms with E-state index in [1.54, 1.807) is 29.4 Å². The number of aryl methyl sites for hydroxylation is 1. The van der Waals surface area contributed by atoms with Gasteiger partial charge in [-0.15, -0.1) is 0 Å². The Morgan fingerprint density at radius 1 is 1.16 bits per heavy atom. The number of amides is 1. The van der Waals surface area contributed by atoms with Crippen molar-refractivity contribution in [1.82, 2.24) is 9.88 Å². The molecule has 0 aliphatic carbocycles. The Kier molecular flexibility index (Phi) is 6.85. The number of nitrogens with zero attached hydrogens (tertiary/aromatic N) is 3. The molecule has 0 saturated carbocycles. The second-order valence-corrected chi connectivity index (χ2v) is 5.87. The molecule has 1 aromatic carbocycles. The number of carbonyl (C=O) groups excluding carboxylic acids is 2. The number of hydrogen-bond donors (Lipinski definition) is 0. The van der Waals surface area contributed by atoms with E-state index < -0.39 is 0 Å². The molecule has 5 heteroatoms. The molecule has 0 bridgehead atoms. The van der Waals surface area contributed by atoms with Crippen LogP contribution < -0.4 is 0 Å². The molecule has 0 radical (unpaired) electrons. The molecule has 5 nitrogen and oxygen atoms in total. The quantitative estimate of drug-likeness (QED) is 0.694. The largest absolute Gasteiger partial charge is 0.337 e. The molecule has 0 aliphatic heterocycles. The van der Waals surface area contributed by atoms with Gasteiger partial charge in [0, 0.05) is 43.9 Å². The number of Topliss-reactive ketones (excluding diaryl/α,β-unsaturated/α-hetero) is 1. The van der Waals surface area contributed by atoms with Crippen molar-refractivity contribution in [2.45, 2.75) is 32.7 Å². The van der Waals surface area contributed by atoms with Gasteiger partial charge in [-0.05, 0) is 18.6 Å². The number of benzene rings is 1. The third kappa shape index (κ3) is 5.85. The monoisotopic (exact) mass is 335 g/mol. The van der Waals surface area contributed by atoms with E-state index >= 15 is 0 Å². The molecule has 0 aliphatic rings. The third-order valence-electron chi connectivity index (χ3n) is 3.88. The summed E-state index contributed by atoms with van der Waals surface area (Å²) in [7, 11) is 0. The maximum Gasteiger partial charge on any atom is 0.223 e. The Morgan fingerprint density at radius 2 is 1.92 bits per heavy atom. The van der Waals surface area contributed by atoms with Crippen molar-refractivity contribution >= 4 is 11.7 Å². The molecule has 1 aromatic heterocycles. The number of carbonyl (C=O) groups is 2. The van der Waals surface area contributed by atoms with Gasteiger partial charge in [-0.1, -0.05) is 35.9 Å². The summed E-state index contributed by atoms with van der Waals surface area (Å²) in [5.74, 6) is -0.172. The standard InChI is InChI=1S/C20H21N3O2/c1-16-5-7-18(8-6-16)19(24)9-10-20(25)23(13-3-11-21)15-17-4-2-12-22-14-17/h2,4-8,12,14H,3,9-10,13,15H2,1H3. The molecule has 2 rings (SSSR count). The van der Waals surface area contributed by atoms with Gasteiger partial charge in [-0.3, -0.25) is 14.6 Å². The highest BCUT2D eigenvalue weighted by atomic mass is 16.2. The highest BCUT2D eigenvalue weighted by Crippen LogP contribution is 2.11. The van der Waals surface area contributed by atoms with Crippen LogP contribution >= 0.6 is 0 Å². The molecular weight excluding hydrogens is 314 g/mol. The van der Waals surface area contributed by atoms with Crippen molar-refractivity contribution < 1.29 is 9.59 Å². The van der Waals surface area contributed by atoms with Gasteiger partial charge in [0.1, 0.15) is 0 Å². The number of ketones is 1. The van der Waals surface area contributed by atoms with Crippen LogP contribution in [0, 0.1) is 18.3 Å². The van der Waals surface area contributed by atoms with E-state index in [1.807, 2.05) is 31.2 Å². The van der Waals surface area contributed by atoms with Crippen molar-refractivity contribution in [3.8, 4) is 6.07 Å². The summed E-state index contributed by atoms with van der Waals surface area (Å²) in [4.78, 5) is 30.4. The van der Waals surface area contributed by atoms with Crippen molar-refractivity contribution in [3.05, 3.63) is 65.5 Å². The van der Waals surface area contributed by atoms with Crippen LogP contribution in [0.5, 0.6) is 0 Å². The SMILES string of the molecule is Cc1ccc(C(=O)CCC(=O)N(CCC#N)Cc2cccnc2)cc1. The summed E-state index contributed by atoms with van der Waals surface area (Å²) < 4.78 is 0. The fourth-order valence-electron chi connectivity index (χ4n) is 2.45. The maximum atomic E-state index is 12.5. The maximum absolute atomic E-state index is 12.5. The topological polar surface area (TPSA) is 74.1 Å². The number of rotatable bonds is 8. The second kappa shape index (κ2) is 9.33. The number of pyridine rings is 1. The van der Waals surface area contributed by atoms with Crippen LogP contribution in [0.3, 0.4) is 0 Å². The van der Waals surface area contributed by atoms with Crippen LogP contribution in [0.2, 0.25) is 0 Å². The molecule has 0 fully saturated rings. The van der Waals surface area contributed by atoms with Crippen LogP contribution in [-0.4, -0.2) is 28.1 Å². The van der Waals surface area contributed by atoms with E-state index in [0.717, 1.165) is 11.1 Å². The summed E-state index contributed by atoms with van der Waals surface area (Å²) in [5.41, 5.74) is 2.61. The first-order valence-corrected chi connectivity index (χ1v) is 8.23. The summed E-state index contributed by atoms with van der Waals surface area (Å²) in [6.45, 7) is 2.71. The van der Waals surface area contributed by atoms with Gasteiger partial charge < -0.3 is 4.90 Å². The smallest absolute Gasteiger partial charge is 0.223 e. The average molecular weight is 335 g/mol.